The van der Waals surface area contributed by atoms with Gasteiger partial charge in [0.2, 0.25) is 0 Å². The van der Waals surface area contributed by atoms with Gasteiger partial charge in [0.05, 0.1) is 11.0 Å². The number of hydrogen-bond donors (Lipinski definition) is 2. The average molecular weight is 292 g/mol. The number of nitrogens with one attached hydrogen (secondary N) is 1. The van der Waals surface area contributed by atoms with Gasteiger partial charge in [0.15, 0.2) is 0 Å². The number of benzene rings is 1. The minimum absolute atomic E-state index is 0.0819. The molecule has 1 atom stereocenters. The van der Waals surface area contributed by atoms with E-state index in [-0.39, 0.29) is 17.4 Å². The van der Waals surface area contributed by atoms with Crippen LogP contribution in [0.2, 0.25) is 0 Å². The van der Waals surface area contributed by atoms with Crippen molar-refractivity contribution in [1.29, 1.82) is 0 Å². The summed E-state index contributed by atoms with van der Waals surface area (Å²) in [6.45, 7) is 8.47. The number of amides is 1. The lowest BCUT2D eigenvalue weighted by molar-refractivity contribution is 0.0945. The summed E-state index contributed by atoms with van der Waals surface area (Å²) in [6.07, 6.45) is 1.69. The van der Waals surface area contributed by atoms with Crippen molar-refractivity contribution in [2.24, 2.45) is 5.73 Å². The topological polar surface area (TPSA) is 55.1 Å². The molecule has 1 unspecified atom stereocenters. The first-order chi connectivity index (χ1) is 9.25. The Labute approximate surface area is 126 Å². The van der Waals surface area contributed by atoms with Crippen molar-refractivity contribution in [3.8, 4) is 0 Å². The molecule has 1 aromatic rings. The molecule has 20 heavy (non-hydrogen) atoms. The highest BCUT2D eigenvalue weighted by Crippen LogP contribution is 2.22. The van der Waals surface area contributed by atoms with Gasteiger partial charge in [-0.2, -0.15) is 0 Å². The van der Waals surface area contributed by atoms with E-state index >= 15 is 0 Å². The summed E-state index contributed by atoms with van der Waals surface area (Å²) >= 11 is 4.98. The Morgan fingerprint density at radius 2 is 1.85 bits per heavy atom. The predicted octanol–water partition coefficient (Wildman–Crippen LogP) is 3.17. The second kappa shape index (κ2) is 6.84. The predicted molar refractivity (Wildman–Crippen MR) is 88.1 cm³/mol. The highest BCUT2D eigenvalue weighted by atomic mass is 32.1. The standard InChI is InChI=1S/C16H24N2OS/c1-5-6-13(14(17)20)18-15(19)11-7-9-12(10-8-11)16(2,3)4/h7-10,13H,5-6H2,1-4H3,(H2,17,20)(H,18,19). The molecule has 1 aromatic carbocycles. The summed E-state index contributed by atoms with van der Waals surface area (Å²) in [7, 11) is 0. The molecule has 0 heterocycles. The second-order valence-corrected chi connectivity index (χ2v) is 6.52. The van der Waals surface area contributed by atoms with Gasteiger partial charge < -0.3 is 11.1 Å². The van der Waals surface area contributed by atoms with Crippen LogP contribution in [0.5, 0.6) is 0 Å². The van der Waals surface area contributed by atoms with Gasteiger partial charge in [0.25, 0.3) is 5.91 Å². The third-order valence-corrected chi connectivity index (χ3v) is 3.52. The van der Waals surface area contributed by atoms with Crippen molar-refractivity contribution in [2.75, 3.05) is 0 Å². The van der Waals surface area contributed by atoms with Gasteiger partial charge in [0.1, 0.15) is 0 Å². The largest absolute Gasteiger partial charge is 0.392 e. The van der Waals surface area contributed by atoms with Crippen molar-refractivity contribution in [2.45, 2.75) is 52.0 Å². The van der Waals surface area contributed by atoms with Crippen molar-refractivity contribution in [1.82, 2.24) is 5.32 Å². The van der Waals surface area contributed by atoms with Crippen LogP contribution in [-0.2, 0) is 5.41 Å². The zero-order chi connectivity index (χ0) is 15.3. The van der Waals surface area contributed by atoms with Gasteiger partial charge in [-0.1, -0.05) is 58.5 Å². The quantitative estimate of drug-likeness (QED) is 0.820. The molecule has 1 rings (SSSR count). The van der Waals surface area contributed by atoms with Crippen LogP contribution in [0, 0.1) is 0 Å². The van der Waals surface area contributed by atoms with Crippen LogP contribution in [0.1, 0.15) is 56.5 Å². The minimum Gasteiger partial charge on any atom is -0.392 e. The summed E-state index contributed by atoms with van der Waals surface area (Å²) in [5.41, 5.74) is 7.57. The highest BCUT2D eigenvalue weighted by molar-refractivity contribution is 7.80. The molecule has 110 valence electrons. The molecule has 3 N–H and O–H groups in total. The molecule has 3 nitrogen and oxygen atoms in total. The van der Waals surface area contributed by atoms with E-state index in [4.69, 9.17) is 18.0 Å². The van der Waals surface area contributed by atoms with Crippen LogP contribution in [0.3, 0.4) is 0 Å². The molecule has 1 amide bonds. The van der Waals surface area contributed by atoms with Crippen LogP contribution >= 0.6 is 12.2 Å². The first kappa shape index (κ1) is 16.6. The van der Waals surface area contributed by atoms with Crippen LogP contribution in [0.15, 0.2) is 24.3 Å². The Hall–Kier alpha value is -1.42. The van der Waals surface area contributed by atoms with Crippen LogP contribution < -0.4 is 11.1 Å². The van der Waals surface area contributed by atoms with E-state index in [0.29, 0.717) is 10.6 Å². The zero-order valence-corrected chi connectivity index (χ0v) is 13.5. The fraction of sp³-hybridized carbons (Fsp3) is 0.500. The maximum atomic E-state index is 12.2. The Balaban J connectivity index is 2.80. The van der Waals surface area contributed by atoms with Gasteiger partial charge in [-0.3, -0.25) is 4.79 Å². The molecule has 0 saturated heterocycles. The first-order valence-corrected chi connectivity index (χ1v) is 7.37. The lowest BCUT2D eigenvalue weighted by Crippen LogP contribution is -2.43. The number of carbonyl (C=O) groups excluding carboxylic acids is 1. The van der Waals surface area contributed by atoms with E-state index < -0.39 is 0 Å². The van der Waals surface area contributed by atoms with Crippen LogP contribution in [0.25, 0.3) is 0 Å². The Bertz CT molecular complexity index is 474. The molecule has 4 heteroatoms. The van der Waals surface area contributed by atoms with Gasteiger partial charge >= 0.3 is 0 Å². The normalized spacial score (nSPS) is 12.8. The number of carbonyl (C=O) groups is 1. The second-order valence-electron chi connectivity index (χ2n) is 6.04. The minimum atomic E-state index is -0.232. The van der Waals surface area contributed by atoms with E-state index in [1.165, 1.54) is 5.56 Å². The fourth-order valence-corrected chi connectivity index (χ4v) is 2.11. The van der Waals surface area contributed by atoms with Crippen molar-refractivity contribution in [3.63, 3.8) is 0 Å². The van der Waals surface area contributed by atoms with Gasteiger partial charge in [-0.25, -0.2) is 0 Å². The Morgan fingerprint density at radius 3 is 2.25 bits per heavy atom. The number of hydrogen-bond acceptors (Lipinski definition) is 2. The molecule has 0 aliphatic carbocycles. The van der Waals surface area contributed by atoms with Crippen LogP contribution in [-0.4, -0.2) is 16.9 Å². The van der Waals surface area contributed by atoms with Gasteiger partial charge in [0, 0.05) is 5.56 Å². The summed E-state index contributed by atoms with van der Waals surface area (Å²) < 4.78 is 0. The van der Waals surface area contributed by atoms with E-state index in [0.717, 1.165) is 12.8 Å². The molecule has 0 spiro atoms. The van der Waals surface area contributed by atoms with E-state index in [2.05, 4.69) is 26.1 Å². The molecule has 0 fully saturated rings. The summed E-state index contributed by atoms with van der Waals surface area (Å²) in [4.78, 5) is 12.5. The van der Waals surface area contributed by atoms with Crippen molar-refractivity contribution in [3.05, 3.63) is 35.4 Å². The molecule has 0 saturated carbocycles. The fourth-order valence-electron chi connectivity index (χ4n) is 1.94. The SMILES string of the molecule is CCCC(NC(=O)c1ccc(C(C)(C)C)cc1)C(N)=S. The first-order valence-electron chi connectivity index (χ1n) is 6.96. The molecule has 0 aromatic heterocycles. The zero-order valence-electron chi connectivity index (χ0n) is 12.7. The summed E-state index contributed by atoms with van der Waals surface area (Å²) in [6, 6.07) is 7.44. The molecule has 0 radical (unpaired) electrons. The number of nitrogens with two attached hydrogens (primary N) is 1. The summed E-state index contributed by atoms with van der Waals surface area (Å²) in [5.74, 6) is -0.128. The average Bonchev–Trinajstić information content (AvgIpc) is 2.37. The Morgan fingerprint density at radius 1 is 1.30 bits per heavy atom. The molecular weight excluding hydrogens is 268 g/mol. The molecular formula is C16H24N2OS. The number of rotatable bonds is 5. The maximum absolute atomic E-state index is 12.2. The lowest BCUT2D eigenvalue weighted by Gasteiger charge is -2.20. The lowest BCUT2D eigenvalue weighted by atomic mass is 9.86. The van der Waals surface area contributed by atoms with Gasteiger partial charge in [-0.05, 0) is 29.5 Å². The van der Waals surface area contributed by atoms with Crippen molar-refractivity contribution < 1.29 is 4.79 Å². The number of thiocarbonyl (C=S) groups is 1. The summed E-state index contributed by atoms with van der Waals surface area (Å²) in [5, 5.41) is 2.89. The smallest absolute Gasteiger partial charge is 0.251 e. The maximum Gasteiger partial charge on any atom is 0.251 e. The third-order valence-electron chi connectivity index (χ3n) is 3.24. The van der Waals surface area contributed by atoms with Crippen LogP contribution in [0.4, 0.5) is 0 Å². The van der Waals surface area contributed by atoms with E-state index in [1.54, 1.807) is 0 Å². The van der Waals surface area contributed by atoms with Crippen molar-refractivity contribution >= 4 is 23.1 Å². The third kappa shape index (κ3) is 4.60. The van der Waals surface area contributed by atoms with Gasteiger partial charge in [-0.15, -0.1) is 0 Å². The molecule has 0 aliphatic heterocycles. The molecule has 0 bridgehead atoms. The Kier molecular flexibility index (Phi) is 5.69. The highest BCUT2D eigenvalue weighted by Gasteiger charge is 2.17. The van der Waals surface area contributed by atoms with E-state index in [1.807, 2.05) is 31.2 Å². The molecule has 0 aliphatic rings. The van der Waals surface area contributed by atoms with E-state index in [9.17, 15) is 4.79 Å². The monoisotopic (exact) mass is 292 g/mol.